The summed E-state index contributed by atoms with van der Waals surface area (Å²) in [7, 11) is 0. The Morgan fingerprint density at radius 1 is 1.30 bits per heavy atom. The number of carbonyl (C=O) groups excluding carboxylic acids is 1. The van der Waals surface area contributed by atoms with Gasteiger partial charge in [-0.05, 0) is 50.6 Å². The van der Waals surface area contributed by atoms with Crippen LogP contribution in [0.5, 0.6) is 0 Å². The molecule has 1 aromatic heterocycles. The number of hydrogen-bond acceptors (Lipinski definition) is 6. The lowest BCUT2D eigenvalue weighted by atomic mass is 9.61. The van der Waals surface area contributed by atoms with E-state index in [0.29, 0.717) is 24.4 Å². The lowest BCUT2D eigenvalue weighted by Gasteiger charge is -2.53. The van der Waals surface area contributed by atoms with Gasteiger partial charge >= 0.3 is 0 Å². The molecule has 3 heterocycles. The quantitative estimate of drug-likeness (QED) is 0.766. The molecule has 3 aliphatic rings. The van der Waals surface area contributed by atoms with E-state index in [2.05, 4.69) is 41.0 Å². The molecule has 1 N–H and O–H groups in total. The zero-order chi connectivity index (χ0) is 21.1. The summed E-state index contributed by atoms with van der Waals surface area (Å²) in [5.74, 6) is 1.72. The van der Waals surface area contributed by atoms with Crippen LogP contribution >= 0.6 is 0 Å². The topological polar surface area (TPSA) is 70.8 Å². The van der Waals surface area contributed by atoms with Gasteiger partial charge in [0.1, 0.15) is 0 Å². The SMILES string of the molecule is CCN1CC[C@@H]2C[C@@H](N3CCOCC3)CC[C@@]2(C(=O)NCc2cc(C(C)C)no2)C1. The molecule has 3 fully saturated rings. The van der Waals surface area contributed by atoms with Crippen LogP contribution in [0.3, 0.4) is 0 Å². The molecule has 1 aliphatic carbocycles. The van der Waals surface area contributed by atoms with Gasteiger partial charge in [0.25, 0.3) is 0 Å². The lowest BCUT2D eigenvalue weighted by molar-refractivity contribution is -0.145. The molecule has 168 valence electrons. The molecule has 2 aliphatic heterocycles. The Morgan fingerprint density at radius 2 is 2.10 bits per heavy atom. The highest BCUT2D eigenvalue weighted by Crippen LogP contribution is 2.47. The van der Waals surface area contributed by atoms with Gasteiger partial charge in [0.2, 0.25) is 5.91 Å². The predicted molar refractivity (Wildman–Crippen MR) is 115 cm³/mol. The molecule has 7 heteroatoms. The van der Waals surface area contributed by atoms with Crippen molar-refractivity contribution in [1.29, 1.82) is 0 Å². The molecule has 0 radical (unpaired) electrons. The third-order valence-electron chi connectivity index (χ3n) is 7.61. The smallest absolute Gasteiger partial charge is 0.228 e. The first kappa shape index (κ1) is 21.8. The van der Waals surface area contributed by atoms with Gasteiger partial charge in [-0.1, -0.05) is 25.9 Å². The zero-order valence-corrected chi connectivity index (χ0v) is 18.9. The minimum Gasteiger partial charge on any atom is -0.379 e. The maximum Gasteiger partial charge on any atom is 0.228 e. The summed E-state index contributed by atoms with van der Waals surface area (Å²) < 4.78 is 11.0. The summed E-state index contributed by atoms with van der Waals surface area (Å²) in [5.41, 5.74) is 0.661. The van der Waals surface area contributed by atoms with Crippen molar-refractivity contribution in [2.45, 2.75) is 65.0 Å². The monoisotopic (exact) mass is 418 g/mol. The molecule has 2 saturated heterocycles. The van der Waals surface area contributed by atoms with E-state index < -0.39 is 0 Å². The maximum absolute atomic E-state index is 13.6. The second kappa shape index (κ2) is 9.37. The summed E-state index contributed by atoms with van der Waals surface area (Å²) in [6.45, 7) is 13.5. The van der Waals surface area contributed by atoms with E-state index in [9.17, 15) is 4.79 Å². The highest BCUT2D eigenvalue weighted by Gasteiger charge is 2.52. The number of fused-ring (bicyclic) bond motifs is 1. The van der Waals surface area contributed by atoms with Crippen molar-refractivity contribution < 1.29 is 14.1 Å². The van der Waals surface area contributed by atoms with Crippen LogP contribution in [0, 0.1) is 11.3 Å². The number of hydrogen-bond donors (Lipinski definition) is 1. The van der Waals surface area contributed by atoms with Gasteiger partial charge < -0.3 is 19.5 Å². The van der Waals surface area contributed by atoms with Gasteiger partial charge in [-0.3, -0.25) is 9.69 Å². The molecule has 1 aromatic rings. The molecule has 1 saturated carbocycles. The first-order valence-corrected chi connectivity index (χ1v) is 11.8. The van der Waals surface area contributed by atoms with Gasteiger partial charge in [0.05, 0.1) is 30.9 Å². The maximum atomic E-state index is 13.6. The van der Waals surface area contributed by atoms with Crippen LogP contribution in [0.1, 0.15) is 63.8 Å². The molecule has 3 atom stereocenters. The standard InChI is InChI=1S/C23H38N4O3/c1-4-26-8-6-18-13-19(27-9-11-29-12-10-27)5-7-23(18,16-26)22(28)24-15-20-14-21(17(2)3)25-30-20/h14,17-19H,4-13,15-16H2,1-3H3,(H,24,28)/t18-,19+,23-/m1/s1. The number of morpholine rings is 1. The first-order valence-electron chi connectivity index (χ1n) is 11.8. The van der Waals surface area contributed by atoms with Gasteiger partial charge in [-0.15, -0.1) is 0 Å². The second-order valence-electron chi connectivity index (χ2n) is 9.64. The summed E-state index contributed by atoms with van der Waals surface area (Å²) >= 11 is 0. The number of ether oxygens (including phenoxy) is 1. The van der Waals surface area contributed by atoms with Crippen LogP contribution in [0.15, 0.2) is 10.6 Å². The van der Waals surface area contributed by atoms with E-state index in [4.69, 9.17) is 9.26 Å². The average molecular weight is 419 g/mol. The predicted octanol–water partition coefficient (Wildman–Crippen LogP) is 2.63. The molecule has 0 unspecified atom stereocenters. The molecular formula is C23H38N4O3. The Kier molecular flexibility index (Phi) is 6.80. The molecule has 1 amide bonds. The van der Waals surface area contributed by atoms with E-state index in [0.717, 1.165) is 83.1 Å². The number of nitrogens with zero attached hydrogens (tertiary/aromatic N) is 3. The van der Waals surface area contributed by atoms with Gasteiger partial charge in [-0.25, -0.2) is 0 Å². The van der Waals surface area contributed by atoms with Crippen LogP contribution in [-0.4, -0.2) is 72.8 Å². The molecule has 4 rings (SSSR count). The summed E-state index contributed by atoms with van der Waals surface area (Å²) in [6, 6.07) is 2.56. The van der Waals surface area contributed by atoms with Crippen molar-refractivity contribution in [2.75, 3.05) is 45.9 Å². The highest BCUT2D eigenvalue weighted by atomic mass is 16.5. The van der Waals surface area contributed by atoms with Crippen molar-refractivity contribution in [3.8, 4) is 0 Å². The fourth-order valence-corrected chi connectivity index (χ4v) is 5.66. The van der Waals surface area contributed by atoms with E-state index in [1.165, 1.54) is 0 Å². The minimum absolute atomic E-state index is 0.202. The van der Waals surface area contributed by atoms with Crippen LogP contribution < -0.4 is 5.32 Å². The molecule has 0 aromatic carbocycles. The Bertz CT molecular complexity index is 715. The molecule has 0 spiro atoms. The Hall–Kier alpha value is -1.44. The van der Waals surface area contributed by atoms with Gasteiger partial charge in [0.15, 0.2) is 5.76 Å². The van der Waals surface area contributed by atoms with Crippen LogP contribution in [0.4, 0.5) is 0 Å². The normalized spacial score (nSPS) is 30.9. The average Bonchev–Trinajstić information content (AvgIpc) is 3.26. The molecular weight excluding hydrogens is 380 g/mol. The number of likely N-dealkylation sites (tertiary alicyclic amines) is 1. The number of nitrogens with one attached hydrogen (secondary N) is 1. The fourth-order valence-electron chi connectivity index (χ4n) is 5.66. The number of aromatic nitrogens is 1. The largest absolute Gasteiger partial charge is 0.379 e. The number of rotatable bonds is 6. The summed E-state index contributed by atoms with van der Waals surface area (Å²) in [5, 5.41) is 7.34. The third-order valence-corrected chi connectivity index (χ3v) is 7.61. The molecule has 30 heavy (non-hydrogen) atoms. The van der Waals surface area contributed by atoms with Crippen molar-refractivity contribution in [3.63, 3.8) is 0 Å². The summed E-state index contributed by atoms with van der Waals surface area (Å²) in [6.07, 6.45) is 4.31. The van der Waals surface area contributed by atoms with Crippen molar-refractivity contribution in [2.24, 2.45) is 11.3 Å². The van der Waals surface area contributed by atoms with Crippen LogP contribution in [-0.2, 0) is 16.1 Å². The first-order chi connectivity index (χ1) is 14.5. The van der Waals surface area contributed by atoms with Crippen molar-refractivity contribution in [3.05, 3.63) is 17.5 Å². The minimum atomic E-state index is -0.280. The molecule has 0 bridgehead atoms. The second-order valence-corrected chi connectivity index (χ2v) is 9.64. The fraction of sp³-hybridized carbons (Fsp3) is 0.826. The van der Waals surface area contributed by atoms with Gasteiger partial charge in [0, 0.05) is 31.7 Å². The number of piperidine rings is 1. The Morgan fingerprint density at radius 3 is 2.80 bits per heavy atom. The third kappa shape index (κ3) is 4.43. The van der Waals surface area contributed by atoms with Crippen LogP contribution in [0.2, 0.25) is 0 Å². The van der Waals surface area contributed by atoms with E-state index in [1.54, 1.807) is 0 Å². The summed E-state index contributed by atoms with van der Waals surface area (Å²) in [4.78, 5) is 18.6. The Balaban J connectivity index is 1.44. The Labute approximate surface area is 180 Å². The zero-order valence-electron chi connectivity index (χ0n) is 18.9. The van der Waals surface area contributed by atoms with E-state index >= 15 is 0 Å². The molecule has 7 nitrogen and oxygen atoms in total. The van der Waals surface area contributed by atoms with Crippen LogP contribution in [0.25, 0.3) is 0 Å². The number of carbonyl (C=O) groups is 1. The van der Waals surface area contributed by atoms with E-state index in [-0.39, 0.29) is 11.3 Å². The number of amides is 1. The van der Waals surface area contributed by atoms with Crippen molar-refractivity contribution >= 4 is 5.91 Å². The van der Waals surface area contributed by atoms with E-state index in [1.807, 2.05) is 6.07 Å². The van der Waals surface area contributed by atoms with Gasteiger partial charge in [-0.2, -0.15) is 0 Å². The lowest BCUT2D eigenvalue weighted by Crippen LogP contribution is -2.60. The van der Waals surface area contributed by atoms with Crippen molar-refractivity contribution in [1.82, 2.24) is 20.3 Å². The highest BCUT2D eigenvalue weighted by molar-refractivity contribution is 5.83.